The summed E-state index contributed by atoms with van der Waals surface area (Å²) in [5.74, 6) is -0.892. The van der Waals surface area contributed by atoms with Crippen molar-refractivity contribution >= 4 is 46.9 Å². The molecule has 196 valence electrons. The molecule has 4 aromatic rings. The van der Waals surface area contributed by atoms with Crippen LogP contribution in [-0.2, 0) is 24.4 Å². The Balaban J connectivity index is 1.54. The molecule has 1 atom stereocenters. The number of primary amides is 1. The molecular weight excluding hydrogens is 534 g/mol. The third kappa shape index (κ3) is 5.37. The first-order valence-electron chi connectivity index (χ1n) is 11.7. The van der Waals surface area contributed by atoms with Gasteiger partial charge in [0.15, 0.2) is 0 Å². The third-order valence-electron chi connectivity index (χ3n) is 6.53. The van der Waals surface area contributed by atoms with E-state index in [1.54, 1.807) is 12.3 Å². The van der Waals surface area contributed by atoms with Crippen LogP contribution in [0.5, 0.6) is 0 Å². The molecule has 0 bridgehead atoms. The van der Waals surface area contributed by atoms with E-state index in [9.17, 15) is 28.0 Å². The van der Waals surface area contributed by atoms with E-state index in [1.165, 1.54) is 45.2 Å². The fourth-order valence-electron chi connectivity index (χ4n) is 4.54. The first-order valence-corrected chi connectivity index (χ1v) is 13.1. The van der Waals surface area contributed by atoms with Crippen LogP contribution in [0.4, 0.5) is 4.39 Å². The maximum atomic E-state index is 13.5. The summed E-state index contributed by atoms with van der Waals surface area (Å²) in [7, 11) is -1.74. The van der Waals surface area contributed by atoms with Crippen LogP contribution in [0.15, 0.2) is 54.7 Å². The molecule has 0 radical (unpaired) electrons. The molecule has 0 aliphatic heterocycles. The lowest BCUT2D eigenvalue weighted by Crippen LogP contribution is -2.31. The Morgan fingerprint density at radius 1 is 1.21 bits per heavy atom. The number of hydrogen-bond acceptors (Lipinski definition) is 6. The van der Waals surface area contributed by atoms with E-state index in [-0.39, 0.29) is 35.1 Å². The van der Waals surface area contributed by atoms with Crippen molar-refractivity contribution in [3.05, 3.63) is 87.8 Å². The van der Waals surface area contributed by atoms with Gasteiger partial charge in [-0.1, -0.05) is 23.7 Å². The van der Waals surface area contributed by atoms with E-state index >= 15 is 0 Å². The van der Waals surface area contributed by atoms with E-state index in [4.69, 9.17) is 17.3 Å². The molecule has 2 aromatic carbocycles. The fourth-order valence-corrected chi connectivity index (χ4v) is 5.34. The number of halogens is 2. The van der Waals surface area contributed by atoms with Gasteiger partial charge in [0.1, 0.15) is 11.5 Å². The van der Waals surface area contributed by atoms with Crippen molar-refractivity contribution in [2.24, 2.45) is 5.73 Å². The van der Waals surface area contributed by atoms with Gasteiger partial charge in [0.2, 0.25) is 0 Å². The summed E-state index contributed by atoms with van der Waals surface area (Å²) in [5, 5.41) is 23.4. The molecule has 38 heavy (non-hydrogen) atoms. The summed E-state index contributed by atoms with van der Waals surface area (Å²) >= 11 is 3.53. The Labute approximate surface area is 225 Å². The number of carbonyl (C=O) groups excluding carboxylic acids is 1. The highest BCUT2D eigenvalue weighted by atomic mass is 35.5. The largest absolute Gasteiger partial charge is 0.760 e. The maximum absolute atomic E-state index is 13.5. The zero-order valence-corrected chi connectivity index (χ0v) is 21.5. The molecule has 1 fully saturated rings. The molecule has 2 aromatic heterocycles. The second kappa shape index (κ2) is 10.6. The second-order valence-corrected chi connectivity index (χ2v) is 10.6. The summed E-state index contributed by atoms with van der Waals surface area (Å²) in [6, 6.07) is 11.9. The SMILES string of the molecule is NC(=O)c1c(-c2ccc(F)cc2)nn2cc(CN(Cc3ccc(B(O)O)c(Cl)c3)S(=O)[O-])c(C3CC3)cc12. The van der Waals surface area contributed by atoms with E-state index < -0.39 is 30.1 Å². The highest BCUT2D eigenvalue weighted by Crippen LogP contribution is 2.43. The lowest BCUT2D eigenvalue weighted by atomic mass is 9.80. The Morgan fingerprint density at radius 3 is 2.50 bits per heavy atom. The first kappa shape index (κ1) is 26.5. The van der Waals surface area contributed by atoms with Gasteiger partial charge in [-0.2, -0.15) is 5.10 Å². The summed E-state index contributed by atoms with van der Waals surface area (Å²) in [6.07, 6.45) is 3.55. The van der Waals surface area contributed by atoms with Gasteiger partial charge in [0.25, 0.3) is 5.91 Å². The standard InChI is InChI=1S/C25H23BClFN4O5S/c27-21-9-14(1-8-20(21)26(34)35)11-31(38(36)37)12-17-13-32-22(10-19(17)15-2-3-15)23(25(29)33)24(30-32)16-4-6-18(28)7-5-16/h1,4-10,13,15,34-35H,2-3,11-12H2,(H2,29,33)(H,36,37)/p-1. The molecule has 0 saturated heterocycles. The fraction of sp³-hybridized carbons (Fsp3) is 0.200. The Morgan fingerprint density at radius 2 is 1.92 bits per heavy atom. The Hall–Kier alpha value is -3.13. The summed E-state index contributed by atoms with van der Waals surface area (Å²) in [5.41, 5.74) is 9.53. The van der Waals surface area contributed by atoms with Crippen LogP contribution in [0.1, 0.15) is 45.8 Å². The number of aromatic nitrogens is 2. The number of rotatable bonds is 9. The van der Waals surface area contributed by atoms with Crippen LogP contribution in [0, 0.1) is 5.82 Å². The highest BCUT2D eigenvalue weighted by molar-refractivity contribution is 7.76. The minimum absolute atomic E-state index is 0.00769. The van der Waals surface area contributed by atoms with Crippen molar-refractivity contribution in [2.75, 3.05) is 0 Å². The Bertz CT molecular complexity index is 1560. The zero-order chi connectivity index (χ0) is 27.1. The highest BCUT2D eigenvalue weighted by Gasteiger charge is 2.29. The molecule has 1 aliphatic carbocycles. The number of carbonyl (C=O) groups is 1. The lowest BCUT2D eigenvalue weighted by molar-refractivity contribution is 0.100. The number of nitrogens with zero attached hydrogens (tertiary/aromatic N) is 3. The van der Waals surface area contributed by atoms with Crippen molar-refractivity contribution in [1.29, 1.82) is 0 Å². The summed E-state index contributed by atoms with van der Waals surface area (Å²) in [4.78, 5) is 12.4. The number of benzene rings is 2. The van der Waals surface area contributed by atoms with E-state index in [2.05, 4.69) is 5.10 Å². The average molecular weight is 556 g/mol. The van der Waals surface area contributed by atoms with Gasteiger partial charge in [-0.25, -0.2) is 13.2 Å². The van der Waals surface area contributed by atoms with E-state index in [0.717, 1.165) is 18.4 Å². The lowest BCUT2D eigenvalue weighted by Gasteiger charge is -2.26. The number of fused-ring (bicyclic) bond motifs is 1. The normalized spacial score (nSPS) is 14.3. The van der Waals surface area contributed by atoms with Crippen molar-refractivity contribution in [2.45, 2.75) is 31.8 Å². The molecule has 0 spiro atoms. The topological polar surface area (TPSA) is 144 Å². The predicted molar refractivity (Wildman–Crippen MR) is 141 cm³/mol. The van der Waals surface area contributed by atoms with Crippen LogP contribution in [0.2, 0.25) is 5.02 Å². The number of pyridine rings is 1. The van der Waals surface area contributed by atoms with Crippen LogP contribution < -0.4 is 11.2 Å². The molecule has 4 N–H and O–H groups in total. The minimum atomic E-state index is -2.60. The number of amides is 1. The third-order valence-corrected chi connectivity index (χ3v) is 7.54. The molecule has 1 amide bonds. The first-order chi connectivity index (χ1) is 18.1. The van der Waals surface area contributed by atoms with E-state index in [1.807, 2.05) is 6.07 Å². The van der Waals surface area contributed by atoms with Gasteiger partial charge in [0.05, 0.1) is 11.1 Å². The number of nitrogens with two attached hydrogens (primary N) is 1. The molecule has 9 nitrogen and oxygen atoms in total. The summed E-state index contributed by atoms with van der Waals surface area (Å²) < 4.78 is 40.6. The molecule has 1 unspecified atom stereocenters. The smallest absolute Gasteiger partial charge is 0.489 e. The average Bonchev–Trinajstić information content (AvgIpc) is 3.63. The van der Waals surface area contributed by atoms with Crippen LogP contribution in [0.25, 0.3) is 16.8 Å². The van der Waals surface area contributed by atoms with Crippen molar-refractivity contribution in [1.82, 2.24) is 13.9 Å². The summed E-state index contributed by atoms with van der Waals surface area (Å²) in [6.45, 7) is 0.0176. The molecule has 1 aliphatic rings. The van der Waals surface area contributed by atoms with Gasteiger partial charge in [0, 0.05) is 46.6 Å². The minimum Gasteiger partial charge on any atom is -0.760 e. The molecule has 1 saturated carbocycles. The van der Waals surface area contributed by atoms with Crippen LogP contribution in [0.3, 0.4) is 0 Å². The van der Waals surface area contributed by atoms with E-state index in [0.29, 0.717) is 27.9 Å². The van der Waals surface area contributed by atoms with Crippen molar-refractivity contribution in [3.8, 4) is 11.3 Å². The van der Waals surface area contributed by atoms with Crippen LogP contribution >= 0.6 is 11.6 Å². The Kier molecular flexibility index (Phi) is 7.36. The quantitative estimate of drug-likeness (QED) is 0.213. The van der Waals surface area contributed by atoms with Gasteiger partial charge < -0.3 is 20.3 Å². The predicted octanol–water partition coefficient (Wildman–Crippen LogP) is 2.25. The van der Waals surface area contributed by atoms with Crippen molar-refractivity contribution < 1.29 is 28.0 Å². The van der Waals surface area contributed by atoms with Crippen LogP contribution in [-0.4, -0.2) is 45.8 Å². The van der Waals surface area contributed by atoms with Gasteiger partial charge in [-0.05, 0) is 71.8 Å². The molecule has 5 rings (SSSR count). The van der Waals surface area contributed by atoms with Gasteiger partial charge in [-0.15, -0.1) is 0 Å². The maximum Gasteiger partial charge on any atom is 0.489 e. The molecular formula is C25H22BClFN4O5S-. The second-order valence-electron chi connectivity index (χ2n) is 9.20. The molecule has 2 heterocycles. The van der Waals surface area contributed by atoms with Crippen molar-refractivity contribution in [3.63, 3.8) is 0 Å². The zero-order valence-electron chi connectivity index (χ0n) is 19.9. The monoisotopic (exact) mass is 555 g/mol. The van der Waals surface area contributed by atoms with Gasteiger partial charge in [-0.3, -0.25) is 9.00 Å². The van der Waals surface area contributed by atoms with Gasteiger partial charge >= 0.3 is 7.12 Å². The molecule has 13 heteroatoms. The number of hydrogen-bond donors (Lipinski definition) is 3.